The van der Waals surface area contributed by atoms with E-state index in [-0.39, 0.29) is 6.10 Å². The molecule has 0 spiro atoms. The van der Waals surface area contributed by atoms with Crippen molar-refractivity contribution < 1.29 is 10.2 Å². The standard InChI is InChI=1S/C22H39NO2/c1-13(12-24)16-4-5-17-20-18(7-9-22(16,17)3)21(2)8-6-15(25)10-14(21)11-19(20)23/h13-20,24-25H,4-12,23H2,1-3H3/t13-,14-,15-,16?,17?,18?,19-,20?,21+,22-/m1/s1. The summed E-state index contributed by atoms with van der Waals surface area (Å²) in [6.45, 7) is 7.61. The van der Waals surface area contributed by atoms with Gasteiger partial charge in [0.15, 0.2) is 0 Å². The SMILES string of the molecule is C[C@H](CO)C1CCC2C3C(CC[C@@]21C)[C@@]1(C)CC[C@@H](O)C[C@@H]1C[C@H]3N. The summed E-state index contributed by atoms with van der Waals surface area (Å²) in [7, 11) is 0. The molecule has 4 rings (SSSR count). The van der Waals surface area contributed by atoms with E-state index in [2.05, 4.69) is 20.8 Å². The van der Waals surface area contributed by atoms with E-state index in [0.717, 1.165) is 31.1 Å². The molecule has 0 aromatic heterocycles. The fourth-order valence-corrected chi connectivity index (χ4v) is 8.40. The van der Waals surface area contributed by atoms with E-state index in [1.54, 1.807) is 0 Å². The van der Waals surface area contributed by atoms with Gasteiger partial charge < -0.3 is 15.9 Å². The largest absolute Gasteiger partial charge is 0.396 e. The molecule has 0 radical (unpaired) electrons. The predicted octanol–water partition coefficient (Wildman–Crippen LogP) is 3.57. The molecule has 4 N–H and O–H groups in total. The lowest BCUT2D eigenvalue weighted by molar-refractivity contribution is -0.137. The third-order valence-corrected chi connectivity index (χ3v) is 9.78. The molecule has 0 saturated heterocycles. The zero-order valence-electron chi connectivity index (χ0n) is 16.5. The van der Waals surface area contributed by atoms with Gasteiger partial charge in [0.1, 0.15) is 0 Å². The second-order valence-electron chi connectivity index (χ2n) is 10.7. The van der Waals surface area contributed by atoms with Crippen molar-refractivity contribution in [2.24, 2.45) is 52.1 Å². The van der Waals surface area contributed by atoms with Crippen LogP contribution in [0, 0.1) is 46.3 Å². The van der Waals surface area contributed by atoms with Gasteiger partial charge in [0.25, 0.3) is 0 Å². The molecule has 10 atom stereocenters. The monoisotopic (exact) mass is 349 g/mol. The molecule has 0 amide bonds. The highest BCUT2D eigenvalue weighted by Gasteiger charge is 2.62. The summed E-state index contributed by atoms with van der Waals surface area (Å²) in [5.74, 6) is 3.84. The number of rotatable bonds is 2. The van der Waals surface area contributed by atoms with Crippen molar-refractivity contribution in [3.63, 3.8) is 0 Å². The second-order valence-corrected chi connectivity index (χ2v) is 10.7. The Hall–Kier alpha value is -0.120. The van der Waals surface area contributed by atoms with E-state index in [9.17, 15) is 10.2 Å². The highest BCUT2D eigenvalue weighted by Crippen LogP contribution is 2.67. The van der Waals surface area contributed by atoms with Crippen molar-refractivity contribution in [2.75, 3.05) is 6.61 Å². The minimum Gasteiger partial charge on any atom is -0.396 e. The maximum absolute atomic E-state index is 10.2. The van der Waals surface area contributed by atoms with Gasteiger partial charge in [0.2, 0.25) is 0 Å². The smallest absolute Gasteiger partial charge is 0.0543 e. The molecule has 4 fully saturated rings. The normalized spacial score (nSPS) is 56.6. The van der Waals surface area contributed by atoms with E-state index in [1.807, 2.05) is 0 Å². The van der Waals surface area contributed by atoms with Crippen molar-refractivity contribution >= 4 is 0 Å². The van der Waals surface area contributed by atoms with Gasteiger partial charge in [0, 0.05) is 12.6 Å². The Morgan fingerprint density at radius 2 is 1.68 bits per heavy atom. The van der Waals surface area contributed by atoms with Crippen LogP contribution in [0.3, 0.4) is 0 Å². The number of aliphatic hydroxyl groups excluding tert-OH is 2. The van der Waals surface area contributed by atoms with Crippen LogP contribution in [-0.4, -0.2) is 29.0 Å². The van der Waals surface area contributed by atoms with E-state index in [0.29, 0.717) is 47.2 Å². The third kappa shape index (κ3) is 2.56. The first kappa shape index (κ1) is 18.3. The summed E-state index contributed by atoms with van der Waals surface area (Å²) < 4.78 is 0. The van der Waals surface area contributed by atoms with Crippen LogP contribution in [0.1, 0.15) is 72.1 Å². The van der Waals surface area contributed by atoms with E-state index in [4.69, 9.17) is 5.73 Å². The van der Waals surface area contributed by atoms with Crippen LogP contribution in [0.15, 0.2) is 0 Å². The van der Waals surface area contributed by atoms with Crippen LogP contribution >= 0.6 is 0 Å². The molecule has 25 heavy (non-hydrogen) atoms. The molecule has 4 aliphatic carbocycles. The molecule has 0 aromatic carbocycles. The molecule has 144 valence electrons. The van der Waals surface area contributed by atoms with Gasteiger partial charge in [-0.3, -0.25) is 0 Å². The molecular formula is C22H39NO2. The fourth-order valence-electron chi connectivity index (χ4n) is 8.40. The molecule has 0 aliphatic heterocycles. The van der Waals surface area contributed by atoms with E-state index >= 15 is 0 Å². The fraction of sp³-hybridized carbons (Fsp3) is 1.00. The molecule has 4 saturated carbocycles. The van der Waals surface area contributed by atoms with Gasteiger partial charge >= 0.3 is 0 Å². The summed E-state index contributed by atoms with van der Waals surface area (Å²) in [6, 6.07) is 0.307. The molecular weight excluding hydrogens is 310 g/mol. The molecule has 3 heteroatoms. The maximum Gasteiger partial charge on any atom is 0.0543 e. The Kier molecular flexibility index (Phi) is 4.53. The molecule has 0 heterocycles. The van der Waals surface area contributed by atoms with Gasteiger partial charge in [-0.15, -0.1) is 0 Å². The minimum absolute atomic E-state index is 0.100. The van der Waals surface area contributed by atoms with Gasteiger partial charge in [-0.25, -0.2) is 0 Å². The molecule has 0 bridgehead atoms. The number of hydrogen-bond acceptors (Lipinski definition) is 3. The highest BCUT2D eigenvalue weighted by atomic mass is 16.3. The summed E-state index contributed by atoms with van der Waals surface area (Å²) in [5, 5.41) is 20.0. The minimum atomic E-state index is -0.100. The Bertz CT molecular complexity index is 510. The van der Waals surface area contributed by atoms with Gasteiger partial charge in [-0.1, -0.05) is 20.8 Å². The quantitative estimate of drug-likeness (QED) is 0.714. The molecule has 0 aromatic rings. The third-order valence-electron chi connectivity index (χ3n) is 9.78. The van der Waals surface area contributed by atoms with Crippen LogP contribution in [0.4, 0.5) is 0 Å². The van der Waals surface area contributed by atoms with Crippen molar-refractivity contribution in [3.05, 3.63) is 0 Å². The van der Waals surface area contributed by atoms with Crippen LogP contribution in [-0.2, 0) is 0 Å². The lowest BCUT2D eigenvalue weighted by Crippen LogP contribution is -2.60. The first-order valence-electron chi connectivity index (χ1n) is 10.9. The van der Waals surface area contributed by atoms with Crippen LogP contribution in [0.25, 0.3) is 0 Å². The van der Waals surface area contributed by atoms with Gasteiger partial charge in [0.05, 0.1) is 6.10 Å². The Morgan fingerprint density at radius 3 is 2.40 bits per heavy atom. The number of aliphatic hydroxyl groups is 2. The Labute approximate surface area is 153 Å². The summed E-state index contributed by atoms with van der Waals surface area (Å²) in [4.78, 5) is 0. The molecule has 3 nitrogen and oxygen atoms in total. The van der Waals surface area contributed by atoms with Crippen molar-refractivity contribution in [2.45, 2.75) is 84.3 Å². The van der Waals surface area contributed by atoms with Crippen LogP contribution in [0.5, 0.6) is 0 Å². The van der Waals surface area contributed by atoms with Crippen molar-refractivity contribution in [1.82, 2.24) is 0 Å². The second kappa shape index (κ2) is 6.21. The van der Waals surface area contributed by atoms with E-state index < -0.39 is 0 Å². The maximum atomic E-state index is 10.2. The lowest BCUT2D eigenvalue weighted by atomic mass is 9.43. The molecule has 4 aliphatic rings. The topological polar surface area (TPSA) is 66.5 Å². The van der Waals surface area contributed by atoms with E-state index in [1.165, 1.54) is 32.1 Å². The number of hydrogen-bond donors (Lipinski definition) is 3. The first-order valence-corrected chi connectivity index (χ1v) is 10.9. The number of nitrogens with two attached hydrogens (primary N) is 1. The number of fused-ring (bicyclic) bond motifs is 5. The van der Waals surface area contributed by atoms with Crippen LogP contribution in [0.2, 0.25) is 0 Å². The van der Waals surface area contributed by atoms with Gasteiger partial charge in [-0.05, 0) is 97.7 Å². The summed E-state index contributed by atoms with van der Waals surface area (Å²) in [6.07, 6.45) is 9.36. The Balaban J connectivity index is 1.63. The van der Waals surface area contributed by atoms with Gasteiger partial charge in [-0.2, -0.15) is 0 Å². The zero-order valence-corrected chi connectivity index (χ0v) is 16.5. The van der Waals surface area contributed by atoms with Crippen molar-refractivity contribution in [3.8, 4) is 0 Å². The highest BCUT2D eigenvalue weighted by molar-refractivity contribution is 5.12. The first-order chi connectivity index (χ1) is 11.8. The van der Waals surface area contributed by atoms with Crippen LogP contribution < -0.4 is 5.73 Å². The summed E-state index contributed by atoms with van der Waals surface area (Å²) in [5.41, 5.74) is 7.60. The average Bonchev–Trinajstić information content (AvgIpc) is 2.93. The summed E-state index contributed by atoms with van der Waals surface area (Å²) >= 11 is 0. The predicted molar refractivity (Wildman–Crippen MR) is 101 cm³/mol. The average molecular weight is 350 g/mol. The lowest BCUT2D eigenvalue weighted by Gasteiger charge is -2.62. The molecule has 4 unspecified atom stereocenters. The zero-order chi connectivity index (χ0) is 18.0. The Morgan fingerprint density at radius 1 is 1.00 bits per heavy atom. The van der Waals surface area contributed by atoms with Crippen molar-refractivity contribution in [1.29, 1.82) is 0 Å².